The monoisotopic (exact) mass is 364 g/mol. The summed E-state index contributed by atoms with van der Waals surface area (Å²) in [5.41, 5.74) is 7.63. The van der Waals surface area contributed by atoms with Gasteiger partial charge in [-0.05, 0) is 42.3 Å². The van der Waals surface area contributed by atoms with Crippen molar-refractivity contribution in [2.45, 2.75) is 12.8 Å². The number of nitrogens with two attached hydrogens (primary N) is 1. The molecule has 25 heavy (non-hydrogen) atoms. The maximum absolute atomic E-state index is 12.2. The van der Waals surface area contributed by atoms with Crippen molar-refractivity contribution in [3.63, 3.8) is 0 Å². The number of methoxy groups -OCH3 is 1. The van der Waals surface area contributed by atoms with Gasteiger partial charge in [-0.2, -0.15) is 0 Å². The number of likely N-dealkylation sites (N-methyl/N-ethyl adjacent to an activating group) is 1. The number of aryl methyl sites for hydroxylation is 1. The van der Waals surface area contributed by atoms with E-state index in [4.69, 9.17) is 15.2 Å². The zero-order valence-corrected chi connectivity index (χ0v) is 15.4. The highest BCUT2D eigenvalue weighted by Crippen LogP contribution is 2.17. The van der Waals surface area contributed by atoms with Gasteiger partial charge in [-0.1, -0.05) is 18.2 Å². The summed E-state index contributed by atoms with van der Waals surface area (Å²) in [6, 6.07) is 15.0. The number of nitrogens with zero attached hydrogens (tertiary/aromatic N) is 1. The number of halogens is 1. The fourth-order valence-corrected chi connectivity index (χ4v) is 2.29. The van der Waals surface area contributed by atoms with Gasteiger partial charge < -0.3 is 20.1 Å². The lowest BCUT2D eigenvalue weighted by Gasteiger charge is -2.18. The summed E-state index contributed by atoms with van der Waals surface area (Å²) in [6.07, 6.45) is 1.09. The second-order valence-corrected chi connectivity index (χ2v) is 5.54. The number of rotatable bonds is 8. The Balaban J connectivity index is 0.00000312. The Hall–Kier alpha value is -2.40. The summed E-state index contributed by atoms with van der Waals surface area (Å²) in [7, 11) is 3.41. The fraction of sp³-hybridized carbons (Fsp3) is 0.316. The largest absolute Gasteiger partial charge is 0.497 e. The van der Waals surface area contributed by atoms with Crippen LogP contribution in [0.3, 0.4) is 0 Å². The van der Waals surface area contributed by atoms with Crippen molar-refractivity contribution in [1.29, 1.82) is 0 Å². The summed E-state index contributed by atoms with van der Waals surface area (Å²) in [4.78, 5) is 13.8. The molecule has 0 aromatic heterocycles. The molecule has 0 saturated carbocycles. The zero-order valence-electron chi connectivity index (χ0n) is 14.6. The van der Waals surface area contributed by atoms with Crippen LogP contribution in [0.5, 0.6) is 11.5 Å². The first-order valence-corrected chi connectivity index (χ1v) is 7.94. The summed E-state index contributed by atoms with van der Waals surface area (Å²) in [6.45, 7) is 0.983. The van der Waals surface area contributed by atoms with Crippen LogP contribution in [-0.4, -0.2) is 38.1 Å². The lowest BCUT2D eigenvalue weighted by molar-refractivity contribution is -0.130. The van der Waals surface area contributed by atoms with Crippen molar-refractivity contribution >= 4 is 24.0 Å². The minimum atomic E-state index is 0. The van der Waals surface area contributed by atoms with Crippen LogP contribution in [0, 0.1) is 0 Å². The number of anilines is 1. The number of nitrogen functional groups attached to an aromatic ring is 1. The highest BCUT2D eigenvalue weighted by Gasteiger charge is 2.10. The molecule has 0 radical (unpaired) electrons. The first-order valence-electron chi connectivity index (χ1n) is 7.94. The van der Waals surface area contributed by atoms with E-state index in [1.165, 1.54) is 0 Å². The van der Waals surface area contributed by atoms with E-state index in [-0.39, 0.29) is 18.3 Å². The van der Waals surface area contributed by atoms with Crippen LogP contribution < -0.4 is 15.2 Å². The third-order valence-electron chi connectivity index (χ3n) is 3.84. The first-order chi connectivity index (χ1) is 11.6. The maximum Gasteiger partial charge on any atom is 0.222 e. The Morgan fingerprint density at radius 1 is 1.08 bits per heavy atom. The minimum absolute atomic E-state index is 0. The van der Waals surface area contributed by atoms with Crippen LogP contribution in [0.1, 0.15) is 12.0 Å². The van der Waals surface area contributed by atoms with E-state index in [9.17, 15) is 4.79 Å². The van der Waals surface area contributed by atoms with Gasteiger partial charge in [0.15, 0.2) is 0 Å². The molecule has 0 aliphatic carbocycles. The number of para-hydroxylation sites is 1. The molecular weight excluding hydrogens is 340 g/mol. The van der Waals surface area contributed by atoms with Gasteiger partial charge in [-0.3, -0.25) is 4.79 Å². The number of carbonyl (C=O) groups is 1. The molecule has 2 aromatic rings. The number of hydrogen-bond acceptors (Lipinski definition) is 4. The molecule has 6 heteroatoms. The predicted octanol–water partition coefficient (Wildman–Crippen LogP) is 3.17. The average molecular weight is 365 g/mol. The highest BCUT2D eigenvalue weighted by molar-refractivity contribution is 5.85. The van der Waals surface area contributed by atoms with Crippen molar-refractivity contribution in [1.82, 2.24) is 4.90 Å². The third kappa shape index (κ3) is 6.55. The molecule has 2 aromatic carbocycles. The molecule has 0 unspecified atom stereocenters. The van der Waals surface area contributed by atoms with Crippen LogP contribution >= 0.6 is 12.4 Å². The Morgan fingerprint density at radius 2 is 1.72 bits per heavy atom. The lowest BCUT2D eigenvalue weighted by Crippen LogP contribution is -2.31. The fourth-order valence-electron chi connectivity index (χ4n) is 2.29. The molecular formula is C19H25ClN2O3. The second-order valence-electron chi connectivity index (χ2n) is 5.54. The molecule has 0 aliphatic rings. The molecule has 1 amide bonds. The number of ether oxygens (including phenoxy) is 2. The minimum Gasteiger partial charge on any atom is -0.497 e. The SMILES string of the molecule is COc1ccc(OCCN(C)C(=O)CCc2ccccc2N)cc1.Cl. The van der Waals surface area contributed by atoms with Crippen LogP contribution in [0.4, 0.5) is 5.69 Å². The zero-order chi connectivity index (χ0) is 17.4. The van der Waals surface area contributed by atoms with Crippen LogP contribution in [0.15, 0.2) is 48.5 Å². The predicted molar refractivity (Wildman–Crippen MR) is 103 cm³/mol. The molecule has 0 heterocycles. The van der Waals surface area contributed by atoms with Crippen molar-refractivity contribution in [3.05, 3.63) is 54.1 Å². The van der Waals surface area contributed by atoms with Gasteiger partial charge in [0.1, 0.15) is 18.1 Å². The standard InChI is InChI=1S/C19H24N2O3.ClH/c1-21(13-14-24-17-10-8-16(23-2)9-11-17)19(22)12-7-15-5-3-4-6-18(15)20;/h3-6,8-11H,7,12-14,20H2,1-2H3;1H. The van der Waals surface area contributed by atoms with Gasteiger partial charge in [0.05, 0.1) is 13.7 Å². The summed E-state index contributed by atoms with van der Waals surface area (Å²) >= 11 is 0. The summed E-state index contributed by atoms with van der Waals surface area (Å²) < 4.78 is 10.7. The van der Waals surface area contributed by atoms with Gasteiger partial charge in [0.2, 0.25) is 5.91 Å². The summed E-state index contributed by atoms with van der Waals surface area (Å²) in [5, 5.41) is 0. The van der Waals surface area contributed by atoms with Gasteiger partial charge in [0, 0.05) is 19.2 Å². The number of hydrogen-bond donors (Lipinski definition) is 1. The maximum atomic E-state index is 12.2. The molecule has 0 saturated heterocycles. The Kier molecular flexibility index (Phi) is 8.64. The summed E-state index contributed by atoms with van der Waals surface area (Å²) in [5.74, 6) is 1.63. The van der Waals surface area contributed by atoms with Gasteiger partial charge in [0.25, 0.3) is 0 Å². The second kappa shape index (κ2) is 10.5. The smallest absolute Gasteiger partial charge is 0.222 e. The molecule has 0 spiro atoms. The van der Waals surface area contributed by atoms with E-state index in [1.807, 2.05) is 48.5 Å². The molecule has 136 valence electrons. The molecule has 2 N–H and O–H groups in total. The van der Waals surface area contributed by atoms with Crippen LogP contribution in [-0.2, 0) is 11.2 Å². The van der Waals surface area contributed by atoms with Crippen molar-refractivity contribution < 1.29 is 14.3 Å². The molecule has 5 nitrogen and oxygen atoms in total. The van der Waals surface area contributed by atoms with Gasteiger partial charge in [-0.25, -0.2) is 0 Å². The van der Waals surface area contributed by atoms with Crippen molar-refractivity contribution in [3.8, 4) is 11.5 Å². The van der Waals surface area contributed by atoms with E-state index >= 15 is 0 Å². The Bertz CT molecular complexity index is 662. The number of benzene rings is 2. The van der Waals surface area contributed by atoms with Gasteiger partial charge >= 0.3 is 0 Å². The molecule has 0 fully saturated rings. The van der Waals surface area contributed by atoms with Gasteiger partial charge in [-0.15, -0.1) is 12.4 Å². The normalized spacial score (nSPS) is 9.84. The van der Waals surface area contributed by atoms with E-state index in [1.54, 1.807) is 19.1 Å². The Morgan fingerprint density at radius 3 is 2.36 bits per heavy atom. The third-order valence-corrected chi connectivity index (χ3v) is 3.84. The van der Waals surface area contributed by atoms with Crippen molar-refractivity contribution in [2.75, 3.05) is 33.0 Å². The first kappa shape index (κ1) is 20.6. The highest BCUT2D eigenvalue weighted by atomic mass is 35.5. The molecule has 0 aliphatic heterocycles. The van der Waals surface area contributed by atoms with E-state index in [0.717, 1.165) is 22.7 Å². The van der Waals surface area contributed by atoms with E-state index in [2.05, 4.69) is 0 Å². The number of amides is 1. The quantitative estimate of drug-likeness (QED) is 0.731. The van der Waals surface area contributed by atoms with Crippen LogP contribution in [0.2, 0.25) is 0 Å². The number of carbonyl (C=O) groups excluding carboxylic acids is 1. The Labute approximate surface area is 155 Å². The molecule has 2 rings (SSSR count). The van der Waals surface area contributed by atoms with E-state index < -0.39 is 0 Å². The molecule has 0 atom stereocenters. The van der Waals surface area contributed by atoms with Crippen molar-refractivity contribution in [2.24, 2.45) is 0 Å². The van der Waals surface area contributed by atoms with Crippen LogP contribution in [0.25, 0.3) is 0 Å². The topological polar surface area (TPSA) is 64.8 Å². The lowest BCUT2D eigenvalue weighted by atomic mass is 10.1. The average Bonchev–Trinajstić information content (AvgIpc) is 2.61. The van der Waals surface area contributed by atoms with E-state index in [0.29, 0.717) is 26.0 Å². The molecule has 0 bridgehead atoms.